The molecule has 0 bridgehead atoms. The van der Waals surface area contributed by atoms with Crippen LogP contribution in [0.2, 0.25) is 15.1 Å². The Morgan fingerprint density at radius 1 is 0.979 bits per heavy atom. The van der Waals surface area contributed by atoms with Gasteiger partial charge in [0.15, 0.2) is 29.2 Å². The summed E-state index contributed by atoms with van der Waals surface area (Å²) in [4.78, 5) is 24.7. The van der Waals surface area contributed by atoms with Crippen molar-refractivity contribution < 1.29 is 38.4 Å². The van der Waals surface area contributed by atoms with Gasteiger partial charge in [0, 0.05) is 21.3 Å². The Hall–Kier alpha value is -4.36. The highest BCUT2D eigenvalue weighted by molar-refractivity contribution is 6.35. The summed E-state index contributed by atoms with van der Waals surface area (Å²) in [5.74, 6) is 0.835. The standard InChI is InChI=1S/C33H35Cl3N4O8/c1-5-45-26-13-20(30-29(32(42)44-4)18(3)38-33(43)39-30)8-10-25(26)47-17-28(41)40-37-15-19-11-24(36)31(27(12-19)46-6-2)48-16-21-7-9-22(34)14-23(21)35/h7-15,28,30,40-41H,5-6,16-17H2,1-4H3,(H2,38,39,43)/b37-15-/t28-,30-/m1/s1. The van der Waals surface area contributed by atoms with Crippen molar-refractivity contribution in [3.63, 3.8) is 0 Å². The smallest absolute Gasteiger partial charge is 0.337 e. The number of urea groups is 1. The van der Waals surface area contributed by atoms with E-state index in [2.05, 4.69) is 21.2 Å². The summed E-state index contributed by atoms with van der Waals surface area (Å²) in [5.41, 5.74) is 5.11. The number of nitrogens with one attached hydrogen (secondary N) is 3. The Morgan fingerprint density at radius 3 is 2.44 bits per heavy atom. The second-order valence-corrected chi connectivity index (χ2v) is 11.5. The number of aliphatic hydroxyl groups excluding tert-OH is 1. The van der Waals surface area contributed by atoms with Crippen LogP contribution in [0.5, 0.6) is 23.0 Å². The number of rotatable bonds is 15. The number of nitrogens with zero attached hydrogens (tertiary/aromatic N) is 1. The molecule has 4 N–H and O–H groups in total. The van der Waals surface area contributed by atoms with Crippen LogP contribution in [0.3, 0.4) is 0 Å². The molecule has 0 aliphatic carbocycles. The summed E-state index contributed by atoms with van der Waals surface area (Å²) in [6.07, 6.45) is 0.253. The monoisotopic (exact) mass is 720 g/mol. The molecule has 0 aromatic heterocycles. The van der Waals surface area contributed by atoms with Gasteiger partial charge < -0.3 is 39.4 Å². The molecule has 1 aliphatic heterocycles. The van der Waals surface area contributed by atoms with Crippen molar-refractivity contribution in [1.29, 1.82) is 0 Å². The fraction of sp³-hybridized carbons (Fsp3) is 0.303. The van der Waals surface area contributed by atoms with Gasteiger partial charge in [-0.3, -0.25) is 5.43 Å². The van der Waals surface area contributed by atoms with Crippen molar-refractivity contribution in [3.05, 3.63) is 91.6 Å². The summed E-state index contributed by atoms with van der Waals surface area (Å²) < 4.78 is 28.2. The molecule has 15 heteroatoms. The van der Waals surface area contributed by atoms with Crippen LogP contribution in [0.25, 0.3) is 0 Å². The van der Waals surface area contributed by atoms with Gasteiger partial charge >= 0.3 is 12.0 Å². The summed E-state index contributed by atoms with van der Waals surface area (Å²) in [6.45, 7) is 5.88. The van der Waals surface area contributed by atoms with E-state index in [9.17, 15) is 14.7 Å². The molecule has 2 amide bonds. The third-order valence-corrected chi connectivity index (χ3v) is 7.70. The fourth-order valence-corrected chi connectivity index (χ4v) is 5.41. The molecule has 1 heterocycles. The molecule has 0 saturated carbocycles. The number of hydrogen-bond donors (Lipinski definition) is 4. The number of hydrazone groups is 1. The highest BCUT2D eigenvalue weighted by Gasteiger charge is 2.32. The molecule has 48 heavy (non-hydrogen) atoms. The normalized spacial score (nSPS) is 15.0. The van der Waals surface area contributed by atoms with E-state index in [0.29, 0.717) is 63.1 Å². The van der Waals surface area contributed by atoms with Crippen molar-refractivity contribution >= 4 is 53.0 Å². The summed E-state index contributed by atoms with van der Waals surface area (Å²) in [7, 11) is 1.27. The highest BCUT2D eigenvalue weighted by Crippen LogP contribution is 2.38. The molecule has 256 valence electrons. The summed E-state index contributed by atoms with van der Waals surface area (Å²) in [5, 5.41) is 21.2. The predicted molar refractivity (Wildman–Crippen MR) is 182 cm³/mol. The first-order chi connectivity index (χ1) is 23.0. The molecule has 3 aromatic rings. The second-order valence-electron chi connectivity index (χ2n) is 10.2. The maximum absolute atomic E-state index is 12.5. The molecular weight excluding hydrogens is 687 g/mol. The number of amides is 2. The summed E-state index contributed by atoms with van der Waals surface area (Å²) >= 11 is 18.8. The Balaban J connectivity index is 1.40. The predicted octanol–water partition coefficient (Wildman–Crippen LogP) is 6.15. The van der Waals surface area contributed by atoms with Gasteiger partial charge in [-0.05, 0) is 68.3 Å². The van der Waals surface area contributed by atoms with Crippen LogP contribution in [0.4, 0.5) is 4.79 Å². The third-order valence-electron chi connectivity index (χ3n) is 6.83. The number of benzene rings is 3. The van der Waals surface area contributed by atoms with Crippen LogP contribution in [-0.4, -0.2) is 56.5 Å². The molecular formula is C33H35Cl3N4O8. The van der Waals surface area contributed by atoms with Crippen LogP contribution in [-0.2, 0) is 16.1 Å². The Kier molecular flexibility index (Phi) is 13.0. The molecule has 0 radical (unpaired) electrons. The molecule has 3 aromatic carbocycles. The van der Waals surface area contributed by atoms with Gasteiger partial charge in [0.25, 0.3) is 0 Å². The molecule has 4 rings (SSSR count). The Bertz CT molecular complexity index is 1700. The first-order valence-electron chi connectivity index (χ1n) is 14.8. The number of esters is 1. The van der Waals surface area contributed by atoms with Gasteiger partial charge in [-0.15, -0.1) is 0 Å². The lowest BCUT2D eigenvalue weighted by atomic mass is 9.95. The molecule has 0 fully saturated rings. The number of carbonyl (C=O) groups is 2. The van der Waals surface area contributed by atoms with Gasteiger partial charge in [-0.1, -0.05) is 46.9 Å². The molecule has 2 atom stereocenters. The van der Waals surface area contributed by atoms with Gasteiger partial charge in [-0.2, -0.15) is 5.10 Å². The average molecular weight is 722 g/mol. The molecule has 0 saturated heterocycles. The quantitative estimate of drug-likeness (QED) is 0.0628. The lowest BCUT2D eigenvalue weighted by Crippen LogP contribution is -2.45. The van der Waals surface area contributed by atoms with Crippen LogP contribution in [0.15, 0.2) is 64.9 Å². The average Bonchev–Trinajstić information content (AvgIpc) is 3.04. The topological polar surface area (TPSA) is 149 Å². The van der Waals surface area contributed by atoms with Crippen LogP contribution >= 0.6 is 34.8 Å². The van der Waals surface area contributed by atoms with E-state index in [-0.39, 0.29) is 23.8 Å². The van der Waals surface area contributed by atoms with Crippen molar-refractivity contribution in [2.75, 3.05) is 26.9 Å². The lowest BCUT2D eigenvalue weighted by molar-refractivity contribution is -0.136. The molecule has 0 unspecified atom stereocenters. The Morgan fingerprint density at radius 2 is 1.73 bits per heavy atom. The van der Waals surface area contributed by atoms with E-state index in [1.165, 1.54) is 13.3 Å². The highest BCUT2D eigenvalue weighted by atomic mass is 35.5. The third kappa shape index (κ3) is 9.38. The largest absolute Gasteiger partial charge is 0.490 e. The maximum Gasteiger partial charge on any atom is 0.337 e. The summed E-state index contributed by atoms with van der Waals surface area (Å²) in [6, 6.07) is 12.2. The number of halogens is 3. The molecule has 0 spiro atoms. The minimum atomic E-state index is -1.20. The number of allylic oxidation sites excluding steroid dienone is 1. The van der Waals surface area contributed by atoms with Crippen molar-refractivity contribution in [3.8, 4) is 23.0 Å². The van der Waals surface area contributed by atoms with Gasteiger partial charge in [0.1, 0.15) is 13.2 Å². The van der Waals surface area contributed by atoms with Crippen molar-refractivity contribution in [2.45, 2.75) is 39.6 Å². The Labute approximate surface area is 292 Å². The second kappa shape index (κ2) is 17.2. The minimum absolute atomic E-state index is 0.143. The van der Waals surface area contributed by atoms with Gasteiger partial charge in [-0.25, -0.2) is 9.59 Å². The van der Waals surface area contributed by atoms with E-state index < -0.39 is 24.3 Å². The molecule has 12 nitrogen and oxygen atoms in total. The number of aliphatic hydroxyl groups is 1. The maximum atomic E-state index is 12.5. The fourth-order valence-electron chi connectivity index (χ4n) is 4.67. The van der Waals surface area contributed by atoms with E-state index in [0.717, 1.165) is 5.56 Å². The van der Waals surface area contributed by atoms with E-state index in [4.69, 9.17) is 58.5 Å². The zero-order chi connectivity index (χ0) is 34.8. The van der Waals surface area contributed by atoms with Crippen LogP contribution < -0.4 is 35.0 Å². The van der Waals surface area contributed by atoms with Gasteiger partial charge in [0.05, 0.1) is 43.2 Å². The lowest BCUT2D eigenvalue weighted by Gasteiger charge is -2.28. The molecule has 1 aliphatic rings. The van der Waals surface area contributed by atoms with Crippen LogP contribution in [0, 0.1) is 0 Å². The van der Waals surface area contributed by atoms with E-state index in [1.54, 1.807) is 62.4 Å². The SMILES string of the molecule is CCOc1cc([C@H]2NC(=O)NC(C)=C2C(=O)OC)ccc1OC[C@@H](O)N/N=C\c1cc(Cl)c(OCc2ccc(Cl)cc2Cl)c(OCC)c1. The number of ether oxygens (including phenoxy) is 5. The number of hydrogen-bond acceptors (Lipinski definition) is 10. The van der Waals surface area contributed by atoms with E-state index in [1.807, 2.05) is 6.92 Å². The first kappa shape index (κ1) is 36.5. The zero-order valence-corrected chi connectivity index (χ0v) is 28.8. The van der Waals surface area contributed by atoms with Crippen molar-refractivity contribution in [1.82, 2.24) is 16.1 Å². The first-order valence-corrected chi connectivity index (χ1v) is 15.9. The van der Waals surface area contributed by atoms with Crippen molar-refractivity contribution in [2.24, 2.45) is 5.10 Å². The number of carbonyl (C=O) groups excluding carboxylic acids is 2. The van der Waals surface area contributed by atoms with E-state index >= 15 is 0 Å². The zero-order valence-electron chi connectivity index (χ0n) is 26.6. The number of methoxy groups -OCH3 is 1. The van der Waals surface area contributed by atoms with Gasteiger partial charge in [0.2, 0.25) is 0 Å². The van der Waals surface area contributed by atoms with Crippen LogP contribution in [0.1, 0.15) is 43.5 Å². The minimum Gasteiger partial charge on any atom is -0.490 e.